The number of carbonyl (C=O) groups is 2. The van der Waals surface area contributed by atoms with Crippen molar-refractivity contribution < 1.29 is 19.6 Å². The second kappa shape index (κ2) is 6.83. The SMILES string of the molecule is CC(C)(CC(=O)O)CC(=O)NCc1ccc([N+](=O)[O-])cc1. The van der Waals surface area contributed by atoms with Crippen LogP contribution in [0.15, 0.2) is 24.3 Å². The largest absolute Gasteiger partial charge is 0.481 e. The highest BCUT2D eigenvalue weighted by Gasteiger charge is 2.25. The molecule has 0 radical (unpaired) electrons. The number of carboxylic acid groups (broad SMARTS) is 1. The Morgan fingerprint density at radius 3 is 2.29 bits per heavy atom. The van der Waals surface area contributed by atoms with Crippen molar-refractivity contribution in [2.75, 3.05) is 0 Å². The minimum atomic E-state index is -0.942. The average Bonchev–Trinajstić information content (AvgIpc) is 2.34. The third kappa shape index (κ3) is 6.03. The van der Waals surface area contributed by atoms with Crippen molar-refractivity contribution in [3.63, 3.8) is 0 Å². The van der Waals surface area contributed by atoms with Gasteiger partial charge in [-0.3, -0.25) is 19.7 Å². The Labute approximate surface area is 122 Å². The first kappa shape index (κ1) is 16.6. The number of amides is 1. The van der Waals surface area contributed by atoms with Gasteiger partial charge in [0.1, 0.15) is 0 Å². The number of nitrogens with one attached hydrogen (secondary N) is 1. The average molecular weight is 294 g/mol. The quantitative estimate of drug-likeness (QED) is 0.591. The molecule has 0 aliphatic heterocycles. The van der Waals surface area contributed by atoms with Crippen LogP contribution in [0.1, 0.15) is 32.3 Å². The normalized spacial score (nSPS) is 11.0. The van der Waals surface area contributed by atoms with E-state index in [4.69, 9.17) is 5.11 Å². The van der Waals surface area contributed by atoms with E-state index >= 15 is 0 Å². The van der Waals surface area contributed by atoms with Crippen LogP contribution < -0.4 is 5.32 Å². The molecule has 0 fully saturated rings. The van der Waals surface area contributed by atoms with Crippen LogP contribution in [0.3, 0.4) is 0 Å². The minimum absolute atomic E-state index is 0.00679. The third-order valence-electron chi connectivity index (χ3n) is 2.91. The maximum absolute atomic E-state index is 11.8. The van der Waals surface area contributed by atoms with Crippen LogP contribution in [0, 0.1) is 15.5 Å². The lowest BCUT2D eigenvalue weighted by Gasteiger charge is -2.21. The second-order valence-corrected chi connectivity index (χ2v) is 5.61. The highest BCUT2D eigenvalue weighted by Crippen LogP contribution is 2.24. The van der Waals surface area contributed by atoms with Crippen LogP contribution >= 0.6 is 0 Å². The van der Waals surface area contributed by atoms with E-state index in [9.17, 15) is 19.7 Å². The molecule has 21 heavy (non-hydrogen) atoms. The molecule has 1 rings (SSSR count). The zero-order valence-corrected chi connectivity index (χ0v) is 12.0. The topological polar surface area (TPSA) is 110 Å². The van der Waals surface area contributed by atoms with Crippen molar-refractivity contribution in [1.82, 2.24) is 5.32 Å². The zero-order chi connectivity index (χ0) is 16.0. The summed E-state index contributed by atoms with van der Waals surface area (Å²) in [5, 5.41) is 21.9. The van der Waals surface area contributed by atoms with E-state index in [1.54, 1.807) is 26.0 Å². The first-order valence-corrected chi connectivity index (χ1v) is 6.41. The van der Waals surface area contributed by atoms with Crippen molar-refractivity contribution in [2.24, 2.45) is 5.41 Å². The van der Waals surface area contributed by atoms with Crippen molar-refractivity contribution in [1.29, 1.82) is 0 Å². The molecule has 2 N–H and O–H groups in total. The van der Waals surface area contributed by atoms with E-state index in [1.165, 1.54) is 12.1 Å². The molecule has 0 bridgehead atoms. The van der Waals surface area contributed by atoms with Crippen LogP contribution in [0.5, 0.6) is 0 Å². The predicted molar refractivity (Wildman–Crippen MR) is 75.6 cm³/mol. The Morgan fingerprint density at radius 2 is 1.81 bits per heavy atom. The fourth-order valence-electron chi connectivity index (χ4n) is 1.91. The zero-order valence-electron chi connectivity index (χ0n) is 12.0. The summed E-state index contributed by atoms with van der Waals surface area (Å²) in [7, 11) is 0. The van der Waals surface area contributed by atoms with Gasteiger partial charge >= 0.3 is 5.97 Å². The molecule has 0 heterocycles. The first-order chi connectivity index (χ1) is 9.69. The van der Waals surface area contributed by atoms with Gasteiger partial charge < -0.3 is 10.4 Å². The standard InChI is InChI=1S/C14H18N2O5/c1-14(2,8-13(18)19)7-12(17)15-9-10-3-5-11(6-4-10)16(20)21/h3-6H,7-9H2,1-2H3,(H,15,17)(H,18,19). The molecule has 7 nitrogen and oxygen atoms in total. The first-order valence-electron chi connectivity index (χ1n) is 6.41. The van der Waals surface area contributed by atoms with Crippen molar-refractivity contribution in [3.8, 4) is 0 Å². The van der Waals surface area contributed by atoms with Gasteiger partial charge in [0.15, 0.2) is 0 Å². The van der Waals surface area contributed by atoms with E-state index in [1.807, 2.05) is 0 Å². The van der Waals surface area contributed by atoms with Crippen molar-refractivity contribution in [2.45, 2.75) is 33.2 Å². The number of hydrogen-bond donors (Lipinski definition) is 2. The minimum Gasteiger partial charge on any atom is -0.481 e. The van der Waals surface area contributed by atoms with Gasteiger partial charge in [0.05, 0.1) is 11.3 Å². The van der Waals surface area contributed by atoms with Crippen molar-refractivity contribution in [3.05, 3.63) is 39.9 Å². The molecule has 7 heteroatoms. The highest BCUT2D eigenvalue weighted by atomic mass is 16.6. The Balaban J connectivity index is 2.49. The molecule has 0 aliphatic rings. The number of carbonyl (C=O) groups excluding carboxylic acids is 1. The number of non-ortho nitro benzene ring substituents is 1. The van der Waals surface area contributed by atoms with Crippen LogP contribution in [0.25, 0.3) is 0 Å². The Bertz CT molecular complexity index is 537. The van der Waals surface area contributed by atoms with Crippen LogP contribution in [0.4, 0.5) is 5.69 Å². The highest BCUT2D eigenvalue weighted by molar-refractivity contribution is 5.77. The lowest BCUT2D eigenvalue weighted by atomic mass is 9.85. The number of nitrogens with zero attached hydrogens (tertiary/aromatic N) is 1. The summed E-state index contributed by atoms with van der Waals surface area (Å²) in [5.74, 6) is -1.19. The third-order valence-corrected chi connectivity index (χ3v) is 2.91. The maximum atomic E-state index is 11.8. The summed E-state index contributed by atoms with van der Waals surface area (Å²) >= 11 is 0. The Hall–Kier alpha value is -2.44. The van der Waals surface area contributed by atoms with E-state index in [0.29, 0.717) is 0 Å². The number of benzene rings is 1. The molecule has 0 aromatic heterocycles. The predicted octanol–water partition coefficient (Wildman–Crippen LogP) is 2.10. The van der Waals surface area contributed by atoms with E-state index in [2.05, 4.69) is 5.32 Å². The molecule has 1 amide bonds. The number of rotatable bonds is 7. The van der Waals surface area contributed by atoms with Gasteiger partial charge in [0.2, 0.25) is 5.91 Å². The van der Waals surface area contributed by atoms with E-state index in [-0.39, 0.29) is 31.0 Å². The van der Waals surface area contributed by atoms with Gasteiger partial charge in [-0.2, -0.15) is 0 Å². The fourth-order valence-corrected chi connectivity index (χ4v) is 1.91. The number of aliphatic carboxylic acids is 1. The van der Waals surface area contributed by atoms with Crippen LogP contribution in [0.2, 0.25) is 0 Å². The summed E-state index contributed by atoms with van der Waals surface area (Å²) in [6, 6.07) is 5.88. The van der Waals surface area contributed by atoms with E-state index < -0.39 is 16.3 Å². The molecule has 0 saturated heterocycles. The lowest BCUT2D eigenvalue weighted by molar-refractivity contribution is -0.384. The van der Waals surface area contributed by atoms with Gasteiger partial charge in [-0.1, -0.05) is 26.0 Å². The molecule has 0 aliphatic carbocycles. The summed E-state index contributed by atoms with van der Waals surface area (Å²) < 4.78 is 0. The second-order valence-electron chi connectivity index (χ2n) is 5.61. The number of nitro groups is 1. The Morgan fingerprint density at radius 1 is 1.24 bits per heavy atom. The smallest absolute Gasteiger partial charge is 0.303 e. The number of hydrogen-bond acceptors (Lipinski definition) is 4. The summed E-state index contributed by atoms with van der Waals surface area (Å²) in [5.41, 5.74) is 0.114. The molecular formula is C14H18N2O5. The number of carboxylic acids is 1. The molecule has 0 unspecified atom stereocenters. The van der Waals surface area contributed by atoms with Crippen molar-refractivity contribution >= 4 is 17.6 Å². The molecule has 1 aromatic carbocycles. The van der Waals surface area contributed by atoms with Gasteiger partial charge in [0.25, 0.3) is 5.69 Å². The molecule has 114 valence electrons. The van der Waals surface area contributed by atoms with Gasteiger partial charge in [-0.15, -0.1) is 0 Å². The summed E-state index contributed by atoms with van der Waals surface area (Å²) in [6.07, 6.45) is 0.0181. The summed E-state index contributed by atoms with van der Waals surface area (Å²) in [4.78, 5) is 32.5. The molecule has 0 spiro atoms. The molecular weight excluding hydrogens is 276 g/mol. The fraction of sp³-hybridized carbons (Fsp3) is 0.429. The van der Waals surface area contributed by atoms with Crippen LogP contribution in [-0.4, -0.2) is 21.9 Å². The monoisotopic (exact) mass is 294 g/mol. The van der Waals surface area contributed by atoms with E-state index in [0.717, 1.165) is 5.56 Å². The Kier molecular flexibility index (Phi) is 5.40. The van der Waals surface area contributed by atoms with Gasteiger partial charge in [-0.05, 0) is 11.0 Å². The number of nitro benzene ring substituents is 1. The summed E-state index contributed by atoms with van der Waals surface area (Å²) in [6.45, 7) is 3.68. The van der Waals surface area contributed by atoms with Gasteiger partial charge in [-0.25, -0.2) is 0 Å². The lowest BCUT2D eigenvalue weighted by Crippen LogP contribution is -2.29. The molecule has 1 aromatic rings. The molecule has 0 saturated carbocycles. The molecule has 0 atom stereocenters. The maximum Gasteiger partial charge on any atom is 0.303 e. The van der Waals surface area contributed by atoms with Gasteiger partial charge in [0, 0.05) is 25.1 Å². The van der Waals surface area contributed by atoms with Crippen LogP contribution in [-0.2, 0) is 16.1 Å².